The van der Waals surface area contributed by atoms with Crippen molar-refractivity contribution in [3.8, 4) is 0 Å². The quantitative estimate of drug-likeness (QED) is 0.699. The number of methoxy groups -OCH3 is 1. The molecule has 1 rings (SSSR count). The number of hydrogen-bond donors (Lipinski definition) is 0. The van der Waals surface area contributed by atoms with E-state index in [2.05, 4.69) is 9.88 Å². The number of rotatable bonds is 5. The Bertz CT molecular complexity index is 256. The molecule has 0 aromatic carbocycles. The van der Waals surface area contributed by atoms with E-state index in [1.807, 2.05) is 19.2 Å². The minimum atomic E-state index is 0.0122. The van der Waals surface area contributed by atoms with Crippen molar-refractivity contribution in [1.29, 1.82) is 0 Å². The van der Waals surface area contributed by atoms with Crippen LogP contribution in [0.1, 0.15) is 0 Å². The summed E-state index contributed by atoms with van der Waals surface area (Å²) in [4.78, 5) is 6.04. The normalized spacial score (nSPS) is 12.5. The second-order valence-corrected chi connectivity index (χ2v) is 3.76. The first kappa shape index (κ1) is 11.3. The molecule has 1 aromatic rings. The zero-order valence-corrected chi connectivity index (χ0v) is 9.24. The maximum atomic E-state index is 6.04. The van der Waals surface area contributed by atoms with Crippen LogP contribution in [0, 0.1) is 0 Å². The predicted octanol–water partition coefficient (Wildman–Crippen LogP) is 1.77. The number of anilines is 1. The standard InChI is InChI=1S/C10H15ClN2O/c1-13(7-9(11)8-14-2)10-3-5-12-6-4-10/h3-6,9H,7-8H2,1-2H3. The highest BCUT2D eigenvalue weighted by Gasteiger charge is 2.08. The van der Waals surface area contributed by atoms with Crippen molar-refractivity contribution < 1.29 is 4.74 Å². The van der Waals surface area contributed by atoms with Crippen LogP contribution in [-0.4, -0.2) is 37.7 Å². The Kier molecular flexibility index (Phi) is 4.70. The first-order valence-electron chi connectivity index (χ1n) is 4.48. The molecule has 78 valence electrons. The van der Waals surface area contributed by atoms with Crippen molar-refractivity contribution in [3.05, 3.63) is 24.5 Å². The average Bonchev–Trinajstić information content (AvgIpc) is 2.19. The molecule has 4 heteroatoms. The van der Waals surface area contributed by atoms with Gasteiger partial charge in [-0.1, -0.05) is 0 Å². The summed E-state index contributed by atoms with van der Waals surface area (Å²) in [7, 11) is 3.65. The third-order valence-electron chi connectivity index (χ3n) is 1.92. The van der Waals surface area contributed by atoms with Gasteiger partial charge in [-0.3, -0.25) is 4.98 Å². The van der Waals surface area contributed by atoms with Crippen LogP contribution in [0.25, 0.3) is 0 Å². The van der Waals surface area contributed by atoms with Crippen LogP contribution in [0.3, 0.4) is 0 Å². The SMILES string of the molecule is COCC(Cl)CN(C)c1ccncc1. The van der Waals surface area contributed by atoms with Crippen molar-refractivity contribution in [3.63, 3.8) is 0 Å². The molecular weight excluding hydrogens is 200 g/mol. The topological polar surface area (TPSA) is 25.4 Å². The van der Waals surface area contributed by atoms with E-state index in [0.717, 1.165) is 12.2 Å². The highest BCUT2D eigenvalue weighted by atomic mass is 35.5. The highest BCUT2D eigenvalue weighted by molar-refractivity contribution is 6.21. The van der Waals surface area contributed by atoms with Gasteiger partial charge in [0, 0.05) is 38.8 Å². The minimum absolute atomic E-state index is 0.0122. The number of alkyl halides is 1. The number of pyridine rings is 1. The van der Waals surface area contributed by atoms with E-state index in [1.54, 1.807) is 19.5 Å². The number of hydrogen-bond acceptors (Lipinski definition) is 3. The van der Waals surface area contributed by atoms with Gasteiger partial charge in [-0.25, -0.2) is 0 Å². The zero-order chi connectivity index (χ0) is 10.4. The van der Waals surface area contributed by atoms with Gasteiger partial charge in [0.05, 0.1) is 12.0 Å². The molecule has 0 N–H and O–H groups in total. The summed E-state index contributed by atoms with van der Waals surface area (Å²) < 4.78 is 4.97. The lowest BCUT2D eigenvalue weighted by Crippen LogP contribution is -2.28. The fourth-order valence-electron chi connectivity index (χ4n) is 1.23. The van der Waals surface area contributed by atoms with E-state index in [9.17, 15) is 0 Å². The minimum Gasteiger partial charge on any atom is -0.383 e. The molecule has 0 radical (unpaired) electrons. The van der Waals surface area contributed by atoms with Gasteiger partial charge >= 0.3 is 0 Å². The summed E-state index contributed by atoms with van der Waals surface area (Å²) in [5.41, 5.74) is 1.11. The molecule has 0 aliphatic heterocycles. The lowest BCUT2D eigenvalue weighted by atomic mass is 10.3. The van der Waals surface area contributed by atoms with Gasteiger partial charge in [0.1, 0.15) is 0 Å². The summed E-state index contributed by atoms with van der Waals surface area (Å²) in [5, 5.41) is 0.0122. The Morgan fingerprint density at radius 1 is 1.50 bits per heavy atom. The lowest BCUT2D eigenvalue weighted by molar-refractivity contribution is 0.199. The summed E-state index contributed by atoms with van der Waals surface area (Å²) in [6, 6.07) is 3.91. The van der Waals surface area contributed by atoms with Crippen LogP contribution >= 0.6 is 11.6 Å². The first-order valence-corrected chi connectivity index (χ1v) is 4.92. The summed E-state index contributed by atoms with van der Waals surface area (Å²) >= 11 is 6.04. The fraction of sp³-hybridized carbons (Fsp3) is 0.500. The Balaban J connectivity index is 2.46. The van der Waals surface area contributed by atoms with Crippen molar-refractivity contribution in [2.75, 3.05) is 32.2 Å². The Morgan fingerprint density at radius 2 is 2.14 bits per heavy atom. The van der Waals surface area contributed by atoms with Crippen LogP contribution in [0.15, 0.2) is 24.5 Å². The molecule has 0 fully saturated rings. The Labute approximate surface area is 89.7 Å². The van der Waals surface area contributed by atoms with E-state index in [0.29, 0.717) is 6.61 Å². The summed E-state index contributed by atoms with van der Waals surface area (Å²) in [6.45, 7) is 1.33. The number of halogens is 1. The van der Waals surface area contributed by atoms with E-state index in [1.165, 1.54) is 0 Å². The first-order chi connectivity index (χ1) is 6.74. The second kappa shape index (κ2) is 5.83. The van der Waals surface area contributed by atoms with Gasteiger partial charge in [-0.2, -0.15) is 0 Å². The summed E-state index contributed by atoms with van der Waals surface area (Å²) in [6.07, 6.45) is 3.54. The molecule has 14 heavy (non-hydrogen) atoms. The molecule has 0 spiro atoms. The average molecular weight is 215 g/mol. The van der Waals surface area contributed by atoms with Gasteiger partial charge in [-0.05, 0) is 12.1 Å². The molecular formula is C10H15ClN2O. The molecule has 1 atom stereocenters. The molecule has 0 saturated heterocycles. The second-order valence-electron chi connectivity index (χ2n) is 3.14. The van der Waals surface area contributed by atoms with Crippen molar-refractivity contribution in [2.45, 2.75) is 5.38 Å². The molecule has 1 unspecified atom stereocenters. The molecule has 0 saturated carbocycles. The molecule has 0 aliphatic carbocycles. The van der Waals surface area contributed by atoms with Crippen LogP contribution in [0.2, 0.25) is 0 Å². The van der Waals surface area contributed by atoms with Gasteiger partial charge < -0.3 is 9.64 Å². The predicted molar refractivity (Wildman–Crippen MR) is 59.0 cm³/mol. The van der Waals surface area contributed by atoms with Crippen LogP contribution in [-0.2, 0) is 4.74 Å². The third kappa shape index (κ3) is 3.52. The molecule has 0 bridgehead atoms. The fourth-order valence-corrected chi connectivity index (χ4v) is 1.57. The monoisotopic (exact) mass is 214 g/mol. The molecule has 0 amide bonds. The zero-order valence-electron chi connectivity index (χ0n) is 8.48. The molecule has 3 nitrogen and oxygen atoms in total. The van der Waals surface area contributed by atoms with E-state index in [-0.39, 0.29) is 5.38 Å². The largest absolute Gasteiger partial charge is 0.383 e. The van der Waals surface area contributed by atoms with Gasteiger partial charge in [-0.15, -0.1) is 11.6 Å². The van der Waals surface area contributed by atoms with E-state index < -0.39 is 0 Å². The molecule has 0 aliphatic rings. The molecule has 1 aromatic heterocycles. The smallest absolute Gasteiger partial charge is 0.0744 e. The number of ether oxygens (including phenoxy) is 1. The van der Waals surface area contributed by atoms with Crippen molar-refractivity contribution in [1.82, 2.24) is 4.98 Å². The van der Waals surface area contributed by atoms with Crippen LogP contribution < -0.4 is 4.90 Å². The Morgan fingerprint density at radius 3 is 2.71 bits per heavy atom. The van der Waals surface area contributed by atoms with Gasteiger partial charge in [0.25, 0.3) is 0 Å². The van der Waals surface area contributed by atoms with Crippen LogP contribution in [0.4, 0.5) is 5.69 Å². The lowest BCUT2D eigenvalue weighted by Gasteiger charge is -2.21. The van der Waals surface area contributed by atoms with Gasteiger partial charge in [0.15, 0.2) is 0 Å². The van der Waals surface area contributed by atoms with E-state index in [4.69, 9.17) is 16.3 Å². The third-order valence-corrected chi connectivity index (χ3v) is 2.19. The van der Waals surface area contributed by atoms with Crippen molar-refractivity contribution >= 4 is 17.3 Å². The molecule has 1 heterocycles. The highest BCUT2D eigenvalue weighted by Crippen LogP contribution is 2.11. The maximum absolute atomic E-state index is 6.04. The van der Waals surface area contributed by atoms with Crippen molar-refractivity contribution in [2.24, 2.45) is 0 Å². The Hall–Kier alpha value is -0.800. The van der Waals surface area contributed by atoms with E-state index >= 15 is 0 Å². The van der Waals surface area contributed by atoms with Gasteiger partial charge in [0.2, 0.25) is 0 Å². The maximum Gasteiger partial charge on any atom is 0.0744 e. The number of aromatic nitrogens is 1. The summed E-state index contributed by atoms with van der Waals surface area (Å²) in [5.74, 6) is 0. The van der Waals surface area contributed by atoms with Crippen LogP contribution in [0.5, 0.6) is 0 Å². The number of nitrogens with zero attached hydrogens (tertiary/aromatic N) is 2.